The summed E-state index contributed by atoms with van der Waals surface area (Å²) in [5.41, 5.74) is 0.922. The molecule has 158 valence electrons. The molecule has 0 aliphatic carbocycles. The van der Waals surface area contributed by atoms with Crippen molar-refractivity contribution in [2.24, 2.45) is 0 Å². The van der Waals surface area contributed by atoms with Crippen molar-refractivity contribution in [2.75, 3.05) is 25.3 Å². The molecule has 0 fully saturated rings. The number of hydrogen-bond acceptors (Lipinski definition) is 6. The summed E-state index contributed by atoms with van der Waals surface area (Å²) < 4.78 is 12.1. The molecule has 0 aliphatic rings. The van der Waals surface area contributed by atoms with Gasteiger partial charge in [-0.1, -0.05) is 35.5 Å². The van der Waals surface area contributed by atoms with Crippen LogP contribution in [0.15, 0.2) is 46.3 Å². The fourth-order valence-electron chi connectivity index (χ4n) is 2.96. The number of hydrogen-bond donors (Lipinski definition) is 1. The van der Waals surface area contributed by atoms with E-state index >= 15 is 0 Å². The van der Waals surface area contributed by atoms with E-state index in [0.29, 0.717) is 38.3 Å². The van der Waals surface area contributed by atoms with Crippen LogP contribution in [0, 0.1) is 0 Å². The van der Waals surface area contributed by atoms with Gasteiger partial charge in [-0.2, -0.15) is 0 Å². The molecule has 1 heterocycles. The number of ether oxygens (including phenoxy) is 2. The number of fused-ring (bicyclic) bond motifs is 1. The van der Waals surface area contributed by atoms with Crippen molar-refractivity contribution in [1.29, 1.82) is 0 Å². The molecule has 0 saturated carbocycles. The van der Waals surface area contributed by atoms with E-state index in [0.717, 1.165) is 0 Å². The Balaban J connectivity index is 1.84. The highest BCUT2D eigenvalue weighted by atomic mass is 35.5. The number of aromatic nitrogens is 2. The molecule has 0 unspecified atom stereocenters. The lowest BCUT2D eigenvalue weighted by molar-refractivity contribution is -0.113. The molecule has 0 spiro atoms. The van der Waals surface area contributed by atoms with Crippen molar-refractivity contribution in [3.8, 4) is 11.5 Å². The topological polar surface area (TPSA) is 82.5 Å². The van der Waals surface area contributed by atoms with Crippen LogP contribution in [-0.4, -0.2) is 35.4 Å². The van der Waals surface area contributed by atoms with Crippen LogP contribution in [0.4, 0.5) is 5.69 Å². The van der Waals surface area contributed by atoms with E-state index in [1.807, 2.05) is 26.0 Å². The molecule has 3 aromatic rings. The molecule has 0 saturated heterocycles. The van der Waals surface area contributed by atoms with E-state index < -0.39 is 0 Å². The molecule has 3 rings (SSSR count). The smallest absolute Gasteiger partial charge is 0.262 e. The van der Waals surface area contributed by atoms with Gasteiger partial charge in [0, 0.05) is 18.2 Å². The Hall–Kier alpha value is -2.71. The number of carbonyl (C=O) groups excluding carboxylic acids is 1. The van der Waals surface area contributed by atoms with Crippen LogP contribution in [-0.2, 0) is 4.79 Å². The van der Waals surface area contributed by atoms with Crippen LogP contribution in [0.1, 0.15) is 19.9 Å². The number of rotatable bonds is 7. The summed E-state index contributed by atoms with van der Waals surface area (Å²) in [7, 11) is 2.98. The quantitative estimate of drug-likeness (QED) is 0.427. The molecule has 0 radical (unpaired) electrons. The van der Waals surface area contributed by atoms with Gasteiger partial charge in [0.05, 0.1) is 41.6 Å². The van der Waals surface area contributed by atoms with Gasteiger partial charge in [-0.05, 0) is 26.0 Å². The van der Waals surface area contributed by atoms with Crippen LogP contribution < -0.4 is 20.3 Å². The van der Waals surface area contributed by atoms with E-state index in [-0.39, 0.29) is 23.3 Å². The van der Waals surface area contributed by atoms with Gasteiger partial charge in [-0.15, -0.1) is 0 Å². The van der Waals surface area contributed by atoms with Gasteiger partial charge in [0.15, 0.2) is 5.16 Å². The second-order valence-electron chi connectivity index (χ2n) is 6.70. The maximum atomic E-state index is 12.9. The summed E-state index contributed by atoms with van der Waals surface area (Å²) in [6.45, 7) is 3.82. The van der Waals surface area contributed by atoms with Crippen molar-refractivity contribution in [1.82, 2.24) is 9.55 Å². The SMILES string of the molecule is COc1cc(NC(=O)CSc2nc3ccccc3c(=O)n2C(C)C)c(OC)cc1Cl. The summed E-state index contributed by atoms with van der Waals surface area (Å²) in [6.07, 6.45) is 0. The van der Waals surface area contributed by atoms with Crippen molar-refractivity contribution in [3.05, 3.63) is 51.8 Å². The number of amides is 1. The van der Waals surface area contributed by atoms with Gasteiger partial charge in [-0.25, -0.2) is 4.98 Å². The maximum absolute atomic E-state index is 12.9. The number of anilines is 1. The third kappa shape index (κ3) is 4.55. The zero-order valence-electron chi connectivity index (χ0n) is 17.1. The van der Waals surface area contributed by atoms with E-state index in [4.69, 9.17) is 21.1 Å². The molecule has 30 heavy (non-hydrogen) atoms. The Morgan fingerprint density at radius 1 is 1.20 bits per heavy atom. The number of para-hydroxylation sites is 1. The normalized spacial score (nSPS) is 11.0. The largest absolute Gasteiger partial charge is 0.495 e. The van der Waals surface area contributed by atoms with E-state index in [1.165, 1.54) is 26.0 Å². The predicted molar refractivity (Wildman–Crippen MR) is 120 cm³/mol. The second kappa shape index (κ2) is 9.40. The Morgan fingerprint density at radius 3 is 2.57 bits per heavy atom. The molecule has 1 amide bonds. The lowest BCUT2D eigenvalue weighted by atomic mass is 10.2. The van der Waals surface area contributed by atoms with Gasteiger partial charge in [0.1, 0.15) is 11.5 Å². The second-order valence-corrected chi connectivity index (χ2v) is 8.05. The fraction of sp³-hybridized carbons (Fsp3) is 0.286. The van der Waals surface area contributed by atoms with Crippen molar-refractivity contribution >= 4 is 45.9 Å². The number of nitrogens with one attached hydrogen (secondary N) is 1. The monoisotopic (exact) mass is 447 g/mol. The van der Waals surface area contributed by atoms with E-state index in [2.05, 4.69) is 10.3 Å². The Bertz CT molecular complexity index is 1150. The standard InChI is InChI=1S/C21H22ClN3O4S/c1-12(2)25-20(27)13-7-5-6-8-15(13)24-21(25)30-11-19(26)23-16-10-17(28-3)14(22)9-18(16)29-4/h5-10,12H,11H2,1-4H3,(H,23,26). The van der Waals surface area contributed by atoms with Gasteiger partial charge >= 0.3 is 0 Å². The minimum Gasteiger partial charge on any atom is -0.495 e. The average molecular weight is 448 g/mol. The predicted octanol–water partition coefficient (Wildman–Crippen LogP) is 4.38. The molecular formula is C21H22ClN3O4S. The molecule has 9 heteroatoms. The zero-order chi connectivity index (χ0) is 21.8. The summed E-state index contributed by atoms with van der Waals surface area (Å²) in [6, 6.07) is 10.3. The number of thioether (sulfide) groups is 1. The first-order valence-corrected chi connectivity index (χ1v) is 10.6. The van der Waals surface area contributed by atoms with Crippen LogP contribution in [0.5, 0.6) is 11.5 Å². The third-order valence-corrected chi connectivity index (χ3v) is 5.62. The molecule has 7 nitrogen and oxygen atoms in total. The van der Waals surface area contributed by atoms with Gasteiger partial charge in [-0.3, -0.25) is 14.2 Å². The lowest BCUT2D eigenvalue weighted by Crippen LogP contribution is -2.25. The highest BCUT2D eigenvalue weighted by Gasteiger charge is 2.17. The van der Waals surface area contributed by atoms with Crippen molar-refractivity contribution < 1.29 is 14.3 Å². The molecule has 0 bridgehead atoms. The Kier molecular flexibility index (Phi) is 6.89. The van der Waals surface area contributed by atoms with Gasteiger partial charge in [0.25, 0.3) is 5.56 Å². The highest BCUT2D eigenvalue weighted by Crippen LogP contribution is 2.36. The van der Waals surface area contributed by atoms with Crippen LogP contribution in [0.2, 0.25) is 5.02 Å². The third-order valence-electron chi connectivity index (χ3n) is 4.37. The maximum Gasteiger partial charge on any atom is 0.262 e. The molecule has 2 aromatic carbocycles. The van der Waals surface area contributed by atoms with Crippen LogP contribution >= 0.6 is 23.4 Å². The van der Waals surface area contributed by atoms with Crippen molar-refractivity contribution in [3.63, 3.8) is 0 Å². The first kappa shape index (κ1) is 22.0. The number of benzene rings is 2. The van der Waals surface area contributed by atoms with Crippen molar-refractivity contribution in [2.45, 2.75) is 25.0 Å². The minimum atomic E-state index is -0.277. The first-order valence-electron chi connectivity index (χ1n) is 9.21. The Morgan fingerprint density at radius 2 is 1.90 bits per heavy atom. The van der Waals surface area contributed by atoms with Gasteiger partial charge in [0.2, 0.25) is 5.91 Å². The lowest BCUT2D eigenvalue weighted by Gasteiger charge is -2.16. The van der Waals surface area contributed by atoms with E-state index in [1.54, 1.807) is 28.8 Å². The fourth-order valence-corrected chi connectivity index (χ4v) is 4.12. The average Bonchev–Trinajstić information content (AvgIpc) is 2.72. The van der Waals surface area contributed by atoms with Gasteiger partial charge < -0.3 is 14.8 Å². The van der Waals surface area contributed by atoms with Crippen LogP contribution in [0.3, 0.4) is 0 Å². The van der Waals surface area contributed by atoms with Crippen LogP contribution in [0.25, 0.3) is 10.9 Å². The summed E-state index contributed by atoms with van der Waals surface area (Å²) in [5.74, 6) is 0.624. The Labute approximate surface area is 183 Å². The molecule has 0 aliphatic heterocycles. The molecule has 0 atom stereocenters. The molecule has 1 aromatic heterocycles. The minimum absolute atomic E-state index is 0.0611. The first-order chi connectivity index (χ1) is 14.3. The molecular weight excluding hydrogens is 426 g/mol. The molecule has 1 N–H and O–H groups in total. The zero-order valence-corrected chi connectivity index (χ0v) is 18.6. The number of halogens is 1. The summed E-state index contributed by atoms with van der Waals surface area (Å²) in [5, 5.41) is 4.22. The number of carbonyl (C=O) groups is 1. The summed E-state index contributed by atoms with van der Waals surface area (Å²) in [4.78, 5) is 30.1. The highest BCUT2D eigenvalue weighted by molar-refractivity contribution is 7.99. The summed E-state index contributed by atoms with van der Waals surface area (Å²) >= 11 is 7.31. The number of nitrogens with zero attached hydrogens (tertiary/aromatic N) is 2. The number of methoxy groups -OCH3 is 2. The van der Waals surface area contributed by atoms with E-state index in [9.17, 15) is 9.59 Å².